The van der Waals surface area contributed by atoms with Crippen LogP contribution in [-0.4, -0.2) is 11.1 Å². The van der Waals surface area contributed by atoms with Crippen LogP contribution in [0.25, 0.3) is 0 Å². The molecule has 1 heterocycles. The van der Waals surface area contributed by atoms with Crippen LogP contribution in [0.1, 0.15) is 31.1 Å². The summed E-state index contributed by atoms with van der Waals surface area (Å²) in [6.45, 7) is 2.15. The molecule has 0 aromatic carbocycles. The Balaban J connectivity index is 2.18. The molecule has 0 spiro atoms. The Hall–Kier alpha value is -0.350. The third-order valence-corrected chi connectivity index (χ3v) is 5.07. The molecule has 0 amide bonds. The van der Waals surface area contributed by atoms with Crippen molar-refractivity contribution in [1.82, 2.24) is 0 Å². The van der Waals surface area contributed by atoms with Gasteiger partial charge < -0.3 is 5.11 Å². The van der Waals surface area contributed by atoms with Crippen LogP contribution in [0.5, 0.6) is 0 Å². The lowest BCUT2D eigenvalue weighted by Crippen LogP contribution is -2.30. The first-order valence-corrected chi connectivity index (χ1v) is 7.10. The maximum absolute atomic E-state index is 11.5. The van der Waals surface area contributed by atoms with E-state index in [-0.39, 0.29) is 0 Å². The summed E-state index contributed by atoms with van der Waals surface area (Å²) in [6, 6.07) is 4.02. The summed E-state index contributed by atoms with van der Waals surface area (Å²) >= 11 is 5.06. The maximum atomic E-state index is 11.5. The van der Waals surface area contributed by atoms with Crippen molar-refractivity contribution in [2.75, 3.05) is 0 Å². The standard InChI is InChI=1S/C12H15BrO2S/c1-8-4-5-12(6-8,11(14)15)7-9-2-3-10(13)16-9/h2-3,8H,4-7H2,1H3,(H,14,15). The number of carbonyl (C=O) groups is 1. The van der Waals surface area contributed by atoms with Crippen LogP contribution in [0.3, 0.4) is 0 Å². The van der Waals surface area contributed by atoms with Gasteiger partial charge in [-0.3, -0.25) is 4.79 Å². The molecular formula is C12H15BrO2S. The van der Waals surface area contributed by atoms with E-state index >= 15 is 0 Å². The lowest BCUT2D eigenvalue weighted by Gasteiger charge is -2.23. The van der Waals surface area contributed by atoms with Crippen LogP contribution < -0.4 is 0 Å². The van der Waals surface area contributed by atoms with Crippen molar-refractivity contribution >= 4 is 33.2 Å². The zero-order chi connectivity index (χ0) is 11.8. The number of thiophene rings is 1. The van der Waals surface area contributed by atoms with Crippen LogP contribution >= 0.6 is 27.3 Å². The molecule has 1 aromatic heterocycles. The molecule has 1 aliphatic rings. The third-order valence-electron chi connectivity index (χ3n) is 3.45. The molecule has 4 heteroatoms. The predicted octanol–water partition coefficient (Wildman–Crippen LogP) is 3.94. The summed E-state index contributed by atoms with van der Waals surface area (Å²) in [5.41, 5.74) is -0.510. The minimum Gasteiger partial charge on any atom is -0.481 e. The molecule has 88 valence electrons. The molecule has 16 heavy (non-hydrogen) atoms. The number of halogens is 1. The fraction of sp³-hybridized carbons (Fsp3) is 0.583. The van der Waals surface area contributed by atoms with Gasteiger partial charge in [0.25, 0.3) is 0 Å². The van der Waals surface area contributed by atoms with Gasteiger partial charge in [0.2, 0.25) is 0 Å². The monoisotopic (exact) mass is 302 g/mol. The number of hydrogen-bond donors (Lipinski definition) is 1. The zero-order valence-electron chi connectivity index (χ0n) is 9.20. The maximum Gasteiger partial charge on any atom is 0.310 e. The van der Waals surface area contributed by atoms with Gasteiger partial charge in [0.1, 0.15) is 0 Å². The van der Waals surface area contributed by atoms with E-state index < -0.39 is 11.4 Å². The first-order valence-electron chi connectivity index (χ1n) is 5.49. The zero-order valence-corrected chi connectivity index (χ0v) is 11.6. The lowest BCUT2D eigenvalue weighted by molar-refractivity contribution is -0.148. The molecule has 2 unspecified atom stereocenters. The first kappa shape index (κ1) is 12.1. The fourth-order valence-corrected chi connectivity index (χ4v) is 4.23. The average Bonchev–Trinajstić information content (AvgIpc) is 2.75. The van der Waals surface area contributed by atoms with Gasteiger partial charge in [-0.2, -0.15) is 0 Å². The predicted molar refractivity (Wildman–Crippen MR) is 68.8 cm³/mol. The molecule has 0 aliphatic heterocycles. The van der Waals surface area contributed by atoms with Crippen molar-refractivity contribution < 1.29 is 9.90 Å². The second-order valence-corrected chi connectivity index (χ2v) is 7.36. The normalized spacial score (nSPS) is 29.5. The largest absolute Gasteiger partial charge is 0.481 e. The van der Waals surface area contributed by atoms with E-state index in [0.29, 0.717) is 12.3 Å². The second-order valence-electron chi connectivity index (χ2n) is 4.82. The Morgan fingerprint density at radius 3 is 2.88 bits per heavy atom. The summed E-state index contributed by atoms with van der Waals surface area (Å²) in [6.07, 6.45) is 3.36. The van der Waals surface area contributed by atoms with Crippen LogP contribution in [0.15, 0.2) is 15.9 Å². The molecule has 1 aliphatic carbocycles. The average molecular weight is 303 g/mol. The van der Waals surface area contributed by atoms with Crippen molar-refractivity contribution in [2.45, 2.75) is 32.6 Å². The molecule has 1 aromatic rings. The van der Waals surface area contributed by atoms with Gasteiger partial charge in [-0.1, -0.05) is 6.92 Å². The first-order chi connectivity index (χ1) is 7.52. The molecule has 1 saturated carbocycles. The molecule has 1 fully saturated rings. The molecule has 2 atom stereocenters. The smallest absolute Gasteiger partial charge is 0.310 e. The summed E-state index contributed by atoms with van der Waals surface area (Å²) < 4.78 is 1.08. The van der Waals surface area contributed by atoms with Crippen molar-refractivity contribution in [1.29, 1.82) is 0 Å². The van der Waals surface area contributed by atoms with E-state index in [2.05, 4.69) is 22.9 Å². The molecule has 2 nitrogen and oxygen atoms in total. The second kappa shape index (κ2) is 4.49. The molecule has 0 radical (unpaired) electrons. The summed E-state index contributed by atoms with van der Waals surface area (Å²) in [7, 11) is 0. The van der Waals surface area contributed by atoms with Gasteiger partial charge in [-0.15, -0.1) is 11.3 Å². The van der Waals surface area contributed by atoms with Gasteiger partial charge in [0, 0.05) is 4.88 Å². The summed E-state index contributed by atoms with van der Waals surface area (Å²) in [5.74, 6) is -0.0825. The summed E-state index contributed by atoms with van der Waals surface area (Å²) in [4.78, 5) is 12.6. The highest BCUT2D eigenvalue weighted by atomic mass is 79.9. The highest BCUT2D eigenvalue weighted by Crippen LogP contribution is 2.45. The Morgan fingerprint density at radius 1 is 1.69 bits per heavy atom. The van der Waals surface area contributed by atoms with Crippen LogP contribution in [0.4, 0.5) is 0 Å². The minimum absolute atomic E-state index is 0.510. The Morgan fingerprint density at radius 2 is 2.44 bits per heavy atom. The Labute approximate surface area is 108 Å². The number of carboxylic acid groups (broad SMARTS) is 1. The number of carboxylic acids is 1. The van der Waals surface area contributed by atoms with E-state index in [1.54, 1.807) is 11.3 Å². The van der Waals surface area contributed by atoms with Gasteiger partial charge in [-0.05, 0) is 59.7 Å². The van der Waals surface area contributed by atoms with E-state index in [9.17, 15) is 9.90 Å². The molecule has 0 bridgehead atoms. The van der Waals surface area contributed by atoms with E-state index in [4.69, 9.17) is 0 Å². The lowest BCUT2D eigenvalue weighted by atomic mass is 9.81. The van der Waals surface area contributed by atoms with Crippen molar-refractivity contribution in [3.8, 4) is 0 Å². The molecule has 1 N–H and O–H groups in total. The Kier molecular flexibility index (Phi) is 3.40. The van der Waals surface area contributed by atoms with Gasteiger partial charge in [0.05, 0.1) is 9.20 Å². The van der Waals surface area contributed by atoms with Crippen molar-refractivity contribution in [2.24, 2.45) is 11.3 Å². The number of hydrogen-bond acceptors (Lipinski definition) is 2. The van der Waals surface area contributed by atoms with Crippen LogP contribution in [0.2, 0.25) is 0 Å². The third kappa shape index (κ3) is 2.33. The van der Waals surface area contributed by atoms with Crippen molar-refractivity contribution in [3.05, 3.63) is 20.8 Å². The highest BCUT2D eigenvalue weighted by Gasteiger charge is 2.44. The van der Waals surface area contributed by atoms with Crippen molar-refractivity contribution in [3.63, 3.8) is 0 Å². The topological polar surface area (TPSA) is 37.3 Å². The highest BCUT2D eigenvalue weighted by molar-refractivity contribution is 9.11. The van der Waals surface area contributed by atoms with E-state index in [1.165, 1.54) is 4.88 Å². The van der Waals surface area contributed by atoms with Crippen LogP contribution in [-0.2, 0) is 11.2 Å². The van der Waals surface area contributed by atoms with Gasteiger partial charge >= 0.3 is 5.97 Å². The molecule has 0 saturated heterocycles. The fourth-order valence-electron chi connectivity index (χ4n) is 2.60. The SMILES string of the molecule is CC1CCC(Cc2ccc(Br)s2)(C(=O)O)C1. The van der Waals surface area contributed by atoms with Gasteiger partial charge in [0.15, 0.2) is 0 Å². The summed E-state index contributed by atoms with van der Waals surface area (Å²) in [5, 5.41) is 9.44. The minimum atomic E-state index is -0.624. The molecule has 2 rings (SSSR count). The van der Waals surface area contributed by atoms with E-state index in [0.717, 1.165) is 23.0 Å². The Bertz CT molecular complexity index is 401. The number of aliphatic carboxylic acids is 1. The molecular weight excluding hydrogens is 288 g/mol. The quantitative estimate of drug-likeness (QED) is 0.918. The van der Waals surface area contributed by atoms with Gasteiger partial charge in [-0.25, -0.2) is 0 Å². The van der Waals surface area contributed by atoms with E-state index in [1.807, 2.05) is 12.1 Å². The van der Waals surface area contributed by atoms with Crippen LogP contribution in [0, 0.1) is 11.3 Å². The number of rotatable bonds is 3.